The second-order valence-corrected chi connectivity index (χ2v) is 32.7. The van der Waals surface area contributed by atoms with Crippen LogP contribution in [0, 0.1) is 0 Å². The molecule has 0 aliphatic heterocycles. The summed E-state index contributed by atoms with van der Waals surface area (Å²) in [5, 5.41) is 1.74. The molecule has 0 fully saturated rings. The zero-order valence-corrected chi connectivity index (χ0v) is 22.3. The Morgan fingerprint density at radius 1 is 0.962 bits per heavy atom. The fourth-order valence-electron chi connectivity index (χ4n) is 4.28. The molecule has 3 rings (SSSR count). The van der Waals surface area contributed by atoms with E-state index in [2.05, 4.69) is 101 Å². The number of fused-ring (bicyclic) bond motifs is 1. The molecule has 1 aromatic carbocycles. The molecule has 2 atom stereocenters. The van der Waals surface area contributed by atoms with Gasteiger partial charge < -0.3 is 0 Å². The van der Waals surface area contributed by atoms with Crippen molar-refractivity contribution in [2.24, 2.45) is 0 Å². The van der Waals surface area contributed by atoms with Gasteiger partial charge in [-0.1, -0.05) is 0 Å². The molecule has 2 unspecified atom stereocenters. The van der Waals surface area contributed by atoms with E-state index in [0.29, 0.717) is 0 Å². The SMILES string of the molecule is C[Si](C)=[Ti]([C]1=CC([Si](C)(C)C)=CC1[Si](C)(C)C)[CH]1C=Cc2ccccc21. The molecule has 0 heterocycles. The van der Waals surface area contributed by atoms with Gasteiger partial charge in [0.2, 0.25) is 0 Å². The minimum absolute atomic E-state index is 0.289. The van der Waals surface area contributed by atoms with Crippen molar-refractivity contribution in [1.29, 1.82) is 0 Å². The minimum atomic E-state index is -1.39. The Balaban J connectivity index is 2.12. The molecule has 138 valence electrons. The summed E-state index contributed by atoms with van der Waals surface area (Å²) < 4.78 is 2.70. The first-order valence-corrected chi connectivity index (χ1v) is 23.5. The van der Waals surface area contributed by atoms with Gasteiger partial charge in [0.25, 0.3) is 0 Å². The van der Waals surface area contributed by atoms with E-state index < -0.39 is 32.8 Å². The summed E-state index contributed by atoms with van der Waals surface area (Å²) in [6, 6.07) is 9.16. The van der Waals surface area contributed by atoms with Gasteiger partial charge in [0.15, 0.2) is 0 Å². The number of allylic oxidation sites excluding steroid dienone is 5. The van der Waals surface area contributed by atoms with E-state index in [9.17, 15) is 0 Å². The monoisotopic (exact) mass is 430 g/mol. The van der Waals surface area contributed by atoms with Crippen LogP contribution < -0.4 is 0 Å². The Hall–Kier alpha value is -0.195. The van der Waals surface area contributed by atoms with Gasteiger partial charge in [0, 0.05) is 0 Å². The van der Waals surface area contributed by atoms with Gasteiger partial charge in [-0.2, -0.15) is 0 Å². The van der Waals surface area contributed by atoms with E-state index in [4.69, 9.17) is 0 Å². The van der Waals surface area contributed by atoms with E-state index in [1.807, 2.05) is 3.88 Å². The van der Waals surface area contributed by atoms with E-state index >= 15 is 0 Å². The van der Waals surface area contributed by atoms with Crippen LogP contribution in [0.4, 0.5) is 0 Å². The van der Waals surface area contributed by atoms with Crippen LogP contribution in [0.2, 0.25) is 57.9 Å². The van der Waals surface area contributed by atoms with Crippen LogP contribution in [0.3, 0.4) is 0 Å². The Morgan fingerprint density at radius 2 is 1.62 bits per heavy atom. The van der Waals surface area contributed by atoms with Crippen molar-refractivity contribution in [2.45, 2.75) is 62.1 Å². The average Bonchev–Trinajstić information content (AvgIpc) is 3.12. The topological polar surface area (TPSA) is 0 Å². The molecule has 0 saturated heterocycles. The second kappa shape index (κ2) is 7.33. The van der Waals surface area contributed by atoms with Crippen molar-refractivity contribution in [3.8, 4) is 0 Å². The predicted molar refractivity (Wildman–Crippen MR) is 122 cm³/mol. The Labute approximate surface area is 169 Å². The Morgan fingerprint density at radius 3 is 2.19 bits per heavy atom. The summed E-state index contributed by atoms with van der Waals surface area (Å²) >= 11 is -1.39. The van der Waals surface area contributed by atoms with Crippen molar-refractivity contribution in [2.75, 3.05) is 0 Å². The van der Waals surface area contributed by atoms with Gasteiger partial charge >= 0.3 is 170 Å². The Bertz CT molecular complexity index is 841. The molecule has 0 spiro atoms. The molecule has 0 aromatic heterocycles. The summed E-state index contributed by atoms with van der Waals surface area (Å²) in [6.45, 7) is 20.5. The first kappa shape index (κ1) is 20.5. The third-order valence-corrected chi connectivity index (χ3v) is 22.6. The molecule has 0 radical (unpaired) electrons. The summed E-state index contributed by atoms with van der Waals surface area (Å²) in [4.78, 5) is 0. The molecule has 0 amide bonds. The third-order valence-electron chi connectivity index (χ3n) is 5.75. The van der Waals surface area contributed by atoms with E-state index in [-0.39, 0.29) is 6.19 Å². The van der Waals surface area contributed by atoms with Crippen molar-refractivity contribution >= 4 is 28.4 Å². The summed E-state index contributed by atoms with van der Waals surface area (Å²) in [7, 11) is -2.50. The van der Waals surface area contributed by atoms with Crippen molar-refractivity contribution in [3.05, 3.63) is 62.7 Å². The number of rotatable bonds is 4. The van der Waals surface area contributed by atoms with E-state index in [0.717, 1.165) is 9.76 Å². The van der Waals surface area contributed by atoms with Crippen LogP contribution in [0.5, 0.6) is 0 Å². The normalized spacial score (nSPS) is 22.2. The van der Waals surface area contributed by atoms with Crippen LogP contribution >= 0.6 is 0 Å². The maximum absolute atomic E-state index is 2.75. The number of hydrogen-bond acceptors (Lipinski definition) is 0. The van der Waals surface area contributed by atoms with E-state index in [1.165, 1.54) is 5.56 Å². The van der Waals surface area contributed by atoms with Gasteiger partial charge in [-0.15, -0.1) is 0 Å². The molecule has 2 aliphatic carbocycles. The standard InChI is InChI=1S/C11H21Si2.C9H7.C2H6Si.Ti/c1-12(2,3)10-7-8-11(9-10)13(4,5)6;1-2-5-9-7-3-6-8(9)4-1;1-3-2;/h7,9,11H,1-6H3;1-7H;1-2H3;. The van der Waals surface area contributed by atoms with Crippen LogP contribution in [-0.2, 0) is 16.6 Å². The second-order valence-electron chi connectivity index (χ2n) is 10.2. The van der Waals surface area contributed by atoms with Gasteiger partial charge in [0.05, 0.1) is 0 Å². The quantitative estimate of drug-likeness (QED) is 0.450. The van der Waals surface area contributed by atoms with Gasteiger partial charge in [-0.05, 0) is 0 Å². The van der Waals surface area contributed by atoms with Gasteiger partial charge in [-0.3, -0.25) is 0 Å². The van der Waals surface area contributed by atoms with Crippen LogP contribution in [-0.4, -0.2) is 22.3 Å². The van der Waals surface area contributed by atoms with Crippen LogP contribution in [0.1, 0.15) is 15.3 Å². The van der Waals surface area contributed by atoms with E-state index in [1.54, 1.807) is 10.8 Å². The molecule has 26 heavy (non-hydrogen) atoms. The van der Waals surface area contributed by atoms with Crippen LogP contribution in [0.15, 0.2) is 51.6 Å². The molecular weight excluding hydrogens is 396 g/mol. The van der Waals surface area contributed by atoms with Crippen molar-refractivity contribution < 1.29 is 16.6 Å². The fraction of sp³-hybridized carbons (Fsp3) is 0.455. The molecule has 0 bridgehead atoms. The summed E-state index contributed by atoms with van der Waals surface area (Å²) in [5.41, 5.74) is 3.90. The molecule has 2 aliphatic rings. The maximum atomic E-state index is 2.75. The molecule has 1 aromatic rings. The third kappa shape index (κ3) is 3.98. The number of benzene rings is 1. The molecule has 0 saturated carbocycles. The Kier molecular flexibility index (Phi) is 5.79. The zero-order chi connectivity index (χ0) is 19.3. The van der Waals surface area contributed by atoms with Gasteiger partial charge in [0.1, 0.15) is 0 Å². The summed E-state index contributed by atoms with van der Waals surface area (Å²) in [6.07, 6.45) is 10.2. The molecule has 4 heteroatoms. The molecule has 0 N–H and O–H groups in total. The average molecular weight is 431 g/mol. The molecule has 0 nitrogen and oxygen atoms in total. The van der Waals surface area contributed by atoms with Crippen molar-refractivity contribution in [3.63, 3.8) is 0 Å². The fourth-order valence-corrected chi connectivity index (χ4v) is 22.7. The zero-order valence-electron chi connectivity index (χ0n) is 17.8. The number of hydrogen-bond donors (Lipinski definition) is 0. The summed E-state index contributed by atoms with van der Waals surface area (Å²) in [5.74, 6) is 0. The predicted octanol–water partition coefficient (Wildman–Crippen LogP) is 7.03. The van der Waals surface area contributed by atoms with Crippen molar-refractivity contribution in [1.82, 2.24) is 0 Å². The van der Waals surface area contributed by atoms with Gasteiger partial charge in [-0.25, -0.2) is 0 Å². The first-order chi connectivity index (χ1) is 12.0. The first-order valence-electron chi connectivity index (χ1n) is 9.89. The molecular formula is C22H34Si3Ti. The van der Waals surface area contributed by atoms with Crippen LogP contribution in [0.25, 0.3) is 6.08 Å².